The molecule has 3 rings (SSSR count). The van der Waals surface area contributed by atoms with Gasteiger partial charge in [-0.15, -0.1) is 0 Å². The van der Waals surface area contributed by atoms with Crippen LogP contribution in [0.1, 0.15) is 5.56 Å². The van der Waals surface area contributed by atoms with Gasteiger partial charge in [0.25, 0.3) is 0 Å². The third-order valence-corrected chi connectivity index (χ3v) is 3.33. The number of para-hydroxylation sites is 1. The van der Waals surface area contributed by atoms with Crippen LogP contribution in [-0.4, -0.2) is 10.5 Å². The van der Waals surface area contributed by atoms with Crippen LogP contribution in [0, 0.1) is 0 Å². The second kappa shape index (κ2) is 5.61. The van der Waals surface area contributed by atoms with Gasteiger partial charge in [-0.2, -0.15) is 0 Å². The second-order valence-corrected chi connectivity index (χ2v) is 4.76. The van der Waals surface area contributed by atoms with Crippen molar-refractivity contribution in [1.29, 1.82) is 0 Å². The Morgan fingerprint density at radius 3 is 2.55 bits per heavy atom. The smallest absolute Gasteiger partial charge is 0.240 e. The minimum absolute atomic E-state index is 0.0233. The van der Waals surface area contributed by atoms with E-state index >= 15 is 0 Å². The number of hydrogen-bond donors (Lipinski definition) is 1. The Hall–Kier alpha value is -2.55. The van der Waals surface area contributed by atoms with Crippen LogP contribution < -0.4 is 5.32 Å². The number of aromatic nitrogens is 1. The number of benzene rings is 2. The number of hydrogen-bond acceptors (Lipinski definition) is 1. The van der Waals surface area contributed by atoms with Crippen LogP contribution in [-0.2, 0) is 17.9 Å². The third kappa shape index (κ3) is 2.72. The van der Waals surface area contributed by atoms with Crippen LogP contribution in [0.4, 0.5) is 0 Å². The summed E-state index contributed by atoms with van der Waals surface area (Å²) in [6.07, 6.45) is 1.95. The van der Waals surface area contributed by atoms with Gasteiger partial charge >= 0.3 is 0 Å². The molecule has 100 valence electrons. The van der Waals surface area contributed by atoms with Crippen LogP contribution in [0.15, 0.2) is 66.9 Å². The van der Waals surface area contributed by atoms with E-state index in [1.54, 1.807) is 0 Å². The molecule has 0 aliphatic rings. The van der Waals surface area contributed by atoms with E-state index in [4.69, 9.17) is 0 Å². The van der Waals surface area contributed by atoms with Crippen LogP contribution >= 0.6 is 0 Å². The van der Waals surface area contributed by atoms with Gasteiger partial charge in [0, 0.05) is 18.3 Å². The lowest BCUT2D eigenvalue weighted by atomic mass is 10.2. The van der Waals surface area contributed by atoms with Crippen molar-refractivity contribution in [2.45, 2.75) is 13.1 Å². The molecule has 1 aromatic heterocycles. The number of carbonyl (C=O) groups excluding carboxylic acids is 1. The lowest BCUT2D eigenvalue weighted by Crippen LogP contribution is -2.26. The Morgan fingerprint density at radius 1 is 0.950 bits per heavy atom. The van der Waals surface area contributed by atoms with Crippen LogP contribution in [0.25, 0.3) is 10.9 Å². The maximum absolute atomic E-state index is 12.0. The number of nitrogens with zero attached hydrogens (tertiary/aromatic N) is 1. The summed E-state index contributed by atoms with van der Waals surface area (Å²) in [5, 5.41) is 4.10. The molecule has 0 saturated heterocycles. The van der Waals surface area contributed by atoms with Gasteiger partial charge in [-0.25, -0.2) is 0 Å². The van der Waals surface area contributed by atoms with Crippen LogP contribution in [0.5, 0.6) is 0 Å². The Bertz CT molecular complexity index is 716. The molecule has 3 aromatic rings. The van der Waals surface area contributed by atoms with Crippen molar-refractivity contribution in [2.24, 2.45) is 0 Å². The summed E-state index contributed by atoms with van der Waals surface area (Å²) in [5.41, 5.74) is 2.19. The minimum Gasteiger partial charge on any atom is -0.350 e. The molecule has 0 unspecified atom stereocenters. The molecular weight excluding hydrogens is 248 g/mol. The van der Waals surface area contributed by atoms with E-state index < -0.39 is 0 Å². The molecule has 0 spiro atoms. The minimum atomic E-state index is 0.0233. The Balaban J connectivity index is 1.64. The molecule has 0 bridgehead atoms. The summed E-state index contributed by atoms with van der Waals surface area (Å²) in [5.74, 6) is 0.0233. The fourth-order valence-electron chi connectivity index (χ4n) is 2.29. The standard InChI is InChI=1S/C17H16N2O/c20-17(18-12-14-6-2-1-3-7-14)13-19-11-10-15-8-4-5-9-16(15)19/h1-11H,12-13H2,(H,18,20). The van der Waals surface area contributed by atoms with Crippen molar-refractivity contribution in [3.63, 3.8) is 0 Å². The predicted molar refractivity (Wildman–Crippen MR) is 80.2 cm³/mol. The normalized spacial score (nSPS) is 10.6. The molecule has 0 saturated carbocycles. The quantitative estimate of drug-likeness (QED) is 0.772. The summed E-state index contributed by atoms with van der Waals surface area (Å²) in [6.45, 7) is 0.916. The fourth-order valence-corrected chi connectivity index (χ4v) is 2.29. The highest BCUT2D eigenvalue weighted by Gasteiger charge is 2.05. The zero-order valence-corrected chi connectivity index (χ0v) is 11.1. The van der Waals surface area contributed by atoms with Crippen molar-refractivity contribution < 1.29 is 4.79 Å². The van der Waals surface area contributed by atoms with Crippen molar-refractivity contribution in [1.82, 2.24) is 9.88 Å². The Labute approximate surface area is 117 Å². The molecule has 0 fully saturated rings. The summed E-state index contributed by atoms with van der Waals surface area (Å²) in [4.78, 5) is 12.0. The molecule has 2 aromatic carbocycles. The number of amides is 1. The maximum Gasteiger partial charge on any atom is 0.240 e. The van der Waals surface area contributed by atoms with Crippen LogP contribution in [0.3, 0.4) is 0 Å². The molecule has 20 heavy (non-hydrogen) atoms. The number of nitrogens with one attached hydrogen (secondary N) is 1. The molecule has 0 aliphatic carbocycles. The molecule has 1 amide bonds. The fraction of sp³-hybridized carbons (Fsp3) is 0.118. The first-order chi connectivity index (χ1) is 9.83. The first-order valence-corrected chi connectivity index (χ1v) is 6.67. The molecule has 1 heterocycles. The zero-order valence-electron chi connectivity index (χ0n) is 11.1. The van der Waals surface area contributed by atoms with Crippen molar-refractivity contribution in [3.8, 4) is 0 Å². The number of carbonyl (C=O) groups is 1. The van der Waals surface area contributed by atoms with Crippen LogP contribution in [0.2, 0.25) is 0 Å². The average molecular weight is 264 g/mol. The SMILES string of the molecule is O=C(Cn1ccc2ccccc21)NCc1ccccc1. The lowest BCUT2D eigenvalue weighted by Gasteiger charge is -2.07. The van der Waals surface area contributed by atoms with E-state index in [0.717, 1.165) is 16.5 Å². The van der Waals surface area contributed by atoms with Gasteiger partial charge in [0.1, 0.15) is 6.54 Å². The monoisotopic (exact) mass is 264 g/mol. The van der Waals surface area contributed by atoms with Crippen molar-refractivity contribution in [2.75, 3.05) is 0 Å². The molecule has 3 nitrogen and oxygen atoms in total. The van der Waals surface area contributed by atoms with Gasteiger partial charge in [0.2, 0.25) is 5.91 Å². The molecule has 3 heteroatoms. The van der Waals surface area contributed by atoms with Gasteiger partial charge < -0.3 is 9.88 Å². The highest BCUT2D eigenvalue weighted by Crippen LogP contribution is 2.14. The van der Waals surface area contributed by atoms with Gasteiger partial charge in [-0.05, 0) is 23.1 Å². The zero-order chi connectivity index (χ0) is 13.8. The summed E-state index contributed by atoms with van der Waals surface area (Å²) >= 11 is 0. The van der Waals surface area contributed by atoms with E-state index in [0.29, 0.717) is 13.1 Å². The van der Waals surface area contributed by atoms with Gasteiger partial charge in [0.05, 0.1) is 0 Å². The summed E-state index contributed by atoms with van der Waals surface area (Å²) < 4.78 is 1.97. The molecule has 1 N–H and O–H groups in total. The molecule has 0 atom stereocenters. The van der Waals surface area contributed by atoms with E-state index in [9.17, 15) is 4.79 Å². The molecule has 0 aliphatic heterocycles. The van der Waals surface area contributed by atoms with Crippen molar-refractivity contribution in [3.05, 3.63) is 72.4 Å². The first-order valence-electron chi connectivity index (χ1n) is 6.67. The van der Waals surface area contributed by atoms with Gasteiger partial charge in [-0.1, -0.05) is 48.5 Å². The molecular formula is C17H16N2O. The van der Waals surface area contributed by atoms with E-state index in [1.807, 2.05) is 71.4 Å². The predicted octanol–water partition coefficient (Wildman–Crippen LogP) is 2.96. The van der Waals surface area contributed by atoms with E-state index in [2.05, 4.69) is 5.32 Å². The van der Waals surface area contributed by atoms with E-state index in [1.165, 1.54) is 0 Å². The average Bonchev–Trinajstić information content (AvgIpc) is 2.90. The van der Waals surface area contributed by atoms with Crippen molar-refractivity contribution >= 4 is 16.8 Å². The summed E-state index contributed by atoms with van der Waals surface area (Å²) in [6, 6.07) is 20.0. The number of rotatable bonds is 4. The maximum atomic E-state index is 12.0. The third-order valence-electron chi connectivity index (χ3n) is 3.33. The Kier molecular flexibility index (Phi) is 3.50. The molecule has 0 radical (unpaired) electrons. The highest BCUT2D eigenvalue weighted by atomic mass is 16.1. The highest BCUT2D eigenvalue weighted by molar-refractivity contribution is 5.83. The largest absolute Gasteiger partial charge is 0.350 e. The first kappa shape index (κ1) is 12.5. The lowest BCUT2D eigenvalue weighted by molar-refractivity contribution is -0.121. The van der Waals surface area contributed by atoms with E-state index in [-0.39, 0.29) is 5.91 Å². The topological polar surface area (TPSA) is 34.0 Å². The van der Waals surface area contributed by atoms with Gasteiger partial charge in [0.15, 0.2) is 0 Å². The Morgan fingerprint density at radius 2 is 1.70 bits per heavy atom. The second-order valence-electron chi connectivity index (χ2n) is 4.76. The van der Waals surface area contributed by atoms with Gasteiger partial charge in [-0.3, -0.25) is 4.79 Å². The number of fused-ring (bicyclic) bond motifs is 1. The summed E-state index contributed by atoms with van der Waals surface area (Å²) in [7, 11) is 0.